The summed E-state index contributed by atoms with van der Waals surface area (Å²) in [4.78, 5) is 10.8. The van der Waals surface area contributed by atoms with Crippen molar-refractivity contribution < 1.29 is 19.7 Å². The third kappa shape index (κ3) is 4.13. The largest absolute Gasteiger partial charge is 0.481 e. The van der Waals surface area contributed by atoms with Crippen LogP contribution in [0.1, 0.15) is 18.9 Å². The lowest BCUT2D eigenvalue weighted by Crippen LogP contribution is -2.24. The molecule has 0 spiro atoms. The van der Waals surface area contributed by atoms with Gasteiger partial charge in [0.05, 0.1) is 17.0 Å². The van der Waals surface area contributed by atoms with Crippen molar-refractivity contribution in [2.45, 2.75) is 18.9 Å². The summed E-state index contributed by atoms with van der Waals surface area (Å²) in [7, 11) is 0. The molecule has 0 aliphatic rings. The summed E-state index contributed by atoms with van der Waals surface area (Å²) in [5.41, 5.74) is -0.952. The predicted octanol–water partition coefficient (Wildman–Crippen LogP) is 4.47. The van der Waals surface area contributed by atoms with Gasteiger partial charge in [0.15, 0.2) is 0 Å². The van der Waals surface area contributed by atoms with Crippen LogP contribution >= 0.6 is 23.2 Å². The molecule has 0 aliphatic heterocycles. The lowest BCUT2D eigenvalue weighted by atomic mass is 9.93. The number of carbonyl (C=O) groups is 1. The molecule has 0 saturated carbocycles. The Morgan fingerprint density at radius 1 is 1.18 bits per heavy atom. The first-order valence-electron chi connectivity index (χ1n) is 6.45. The van der Waals surface area contributed by atoms with Crippen LogP contribution in [0, 0.1) is 0 Å². The van der Waals surface area contributed by atoms with E-state index >= 15 is 0 Å². The lowest BCUT2D eigenvalue weighted by molar-refractivity contribution is -0.142. The highest BCUT2D eigenvalue weighted by Gasteiger charge is 2.26. The van der Waals surface area contributed by atoms with Gasteiger partial charge in [0.2, 0.25) is 0 Å². The molecule has 2 aromatic carbocycles. The van der Waals surface area contributed by atoms with E-state index < -0.39 is 11.6 Å². The molecule has 1 atom stereocenters. The molecule has 0 radical (unpaired) electrons. The van der Waals surface area contributed by atoms with E-state index in [0.29, 0.717) is 27.1 Å². The van der Waals surface area contributed by atoms with Crippen molar-refractivity contribution in [3.05, 3.63) is 58.1 Å². The smallest absolute Gasteiger partial charge is 0.306 e. The van der Waals surface area contributed by atoms with Gasteiger partial charge in [0, 0.05) is 5.02 Å². The van der Waals surface area contributed by atoms with Crippen molar-refractivity contribution >= 4 is 29.2 Å². The van der Waals surface area contributed by atoms with Crippen LogP contribution in [0.15, 0.2) is 42.5 Å². The van der Waals surface area contributed by atoms with E-state index in [0.717, 1.165) is 0 Å². The fourth-order valence-corrected chi connectivity index (χ4v) is 2.41. The molecular weight excluding hydrogens is 327 g/mol. The summed E-state index contributed by atoms with van der Waals surface area (Å²) in [5.74, 6) is -0.103. The number of carboxylic acids is 1. The zero-order valence-electron chi connectivity index (χ0n) is 11.7. The van der Waals surface area contributed by atoms with Gasteiger partial charge in [-0.05, 0) is 42.8 Å². The van der Waals surface area contributed by atoms with Crippen LogP contribution in [-0.4, -0.2) is 16.2 Å². The third-order valence-electron chi connectivity index (χ3n) is 3.09. The summed E-state index contributed by atoms with van der Waals surface area (Å²) < 4.78 is 5.62. The molecule has 0 heterocycles. The molecule has 0 fully saturated rings. The molecule has 2 rings (SSSR count). The average Bonchev–Trinajstić information content (AvgIpc) is 2.41. The monoisotopic (exact) mass is 340 g/mol. The zero-order chi connectivity index (χ0) is 16.3. The molecule has 0 aromatic heterocycles. The fourth-order valence-electron chi connectivity index (χ4n) is 1.96. The SMILES string of the molecule is CC(O)(CC(=O)O)c1ccc(Oc2ccc(Cl)cc2Cl)cc1. The minimum Gasteiger partial charge on any atom is -0.481 e. The van der Waals surface area contributed by atoms with Gasteiger partial charge in [-0.15, -0.1) is 0 Å². The van der Waals surface area contributed by atoms with E-state index in [1.807, 2.05) is 0 Å². The van der Waals surface area contributed by atoms with Crippen LogP contribution in [0.2, 0.25) is 10.0 Å². The fraction of sp³-hybridized carbons (Fsp3) is 0.188. The second-order valence-electron chi connectivity index (χ2n) is 5.05. The van der Waals surface area contributed by atoms with Crippen molar-refractivity contribution in [2.24, 2.45) is 0 Å². The molecular formula is C16H14Cl2O4. The average molecular weight is 341 g/mol. The van der Waals surface area contributed by atoms with Crippen LogP contribution in [0.3, 0.4) is 0 Å². The summed E-state index contributed by atoms with van der Waals surface area (Å²) in [6, 6.07) is 11.4. The highest BCUT2D eigenvalue weighted by molar-refractivity contribution is 6.35. The molecule has 4 nitrogen and oxygen atoms in total. The van der Waals surface area contributed by atoms with Gasteiger partial charge in [0.1, 0.15) is 11.5 Å². The van der Waals surface area contributed by atoms with Gasteiger partial charge in [-0.25, -0.2) is 0 Å². The highest BCUT2D eigenvalue weighted by atomic mass is 35.5. The minimum absolute atomic E-state index is 0.379. The van der Waals surface area contributed by atoms with E-state index in [1.54, 1.807) is 42.5 Å². The Bertz CT molecular complexity index is 681. The summed E-state index contributed by atoms with van der Waals surface area (Å²) in [6.45, 7) is 1.45. The normalized spacial score (nSPS) is 13.5. The molecule has 116 valence electrons. The van der Waals surface area contributed by atoms with Crippen molar-refractivity contribution in [3.63, 3.8) is 0 Å². The standard InChI is InChI=1S/C16H14Cl2O4/c1-16(21,9-15(19)20)10-2-5-12(6-3-10)22-14-7-4-11(17)8-13(14)18/h2-8,21H,9H2,1H3,(H,19,20). The highest BCUT2D eigenvalue weighted by Crippen LogP contribution is 2.33. The van der Waals surface area contributed by atoms with Crippen LogP contribution < -0.4 is 4.74 Å². The second-order valence-corrected chi connectivity index (χ2v) is 5.89. The Labute approximate surface area is 137 Å². The second kappa shape index (κ2) is 6.57. The summed E-state index contributed by atoms with van der Waals surface area (Å²) in [5, 5.41) is 19.9. The van der Waals surface area contributed by atoms with E-state index in [9.17, 15) is 9.90 Å². The van der Waals surface area contributed by atoms with Crippen molar-refractivity contribution in [2.75, 3.05) is 0 Å². The van der Waals surface area contributed by atoms with E-state index in [1.165, 1.54) is 6.92 Å². The van der Waals surface area contributed by atoms with Crippen molar-refractivity contribution in [1.82, 2.24) is 0 Å². The van der Waals surface area contributed by atoms with Crippen LogP contribution in [-0.2, 0) is 10.4 Å². The Kier molecular flexibility index (Phi) is 4.96. The van der Waals surface area contributed by atoms with Gasteiger partial charge in [-0.2, -0.15) is 0 Å². The van der Waals surface area contributed by atoms with Gasteiger partial charge < -0.3 is 14.9 Å². The van der Waals surface area contributed by atoms with E-state index in [2.05, 4.69) is 0 Å². The summed E-state index contributed by atoms with van der Waals surface area (Å²) in [6.07, 6.45) is -0.379. The number of aliphatic carboxylic acids is 1. The molecule has 0 saturated heterocycles. The number of ether oxygens (including phenoxy) is 1. The summed E-state index contributed by atoms with van der Waals surface area (Å²) >= 11 is 11.8. The molecule has 6 heteroatoms. The van der Waals surface area contributed by atoms with Gasteiger partial charge in [0.25, 0.3) is 0 Å². The molecule has 0 aliphatic carbocycles. The predicted molar refractivity (Wildman–Crippen MR) is 84.8 cm³/mol. The minimum atomic E-state index is -1.44. The lowest BCUT2D eigenvalue weighted by Gasteiger charge is -2.21. The first-order valence-corrected chi connectivity index (χ1v) is 7.21. The van der Waals surface area contributed by atoms with E-state index in [4.69, 9.17) is 33.0 Å². The quantitative estimate of drug-likeness (QED) is 0.842. The maximum atomic E-state index is 10.8. The Balaban J connectivity index is 2.17. The first kappa shape index (κ1) is 16.6. The van der Waals surface area contributed by atoms with Crippen molar-refractivity contribution in [1.29, 1.82) is 0 Å². The Morgan fingerprint density at radius 3 is 2.36 bits per heavy atom. The number of halogens is 2. The van der Waals surface area contributed by atoms with Gasteiger partial charge in [-0.1, -0.05) is 35.3 Å². The molecule has 1 unspecified atom stereocenters. The topological polar surface area (TPSA) is 66.8 Å². The Hall–Kier alpha value is -1.75. The van der Waals surface area contributed by atoms with Gasteiger partial charge in [-0.3, -0.25) is 4.79 Å². The van der Waals surface area contributed by atoms with Gasteiger partial charge >= 0.3 is 5.97 Å². The zero-order valence-corrected chi connectivity index (χ0v) is 13.2. The Morgan fingerprint density at radius 2 is 1.82 bits per heavy atom. The van der Waals surface area contributed by atoms with E-state index in [-0.39, 0.29) is 6.42 Å². The first-order chi connectivity index (χ1) is 10.3. The number of hydrogen-bond acceptors (Lipinski definition) is 3. The van der Waals surface area contributed by atoms with Crippen LogP contribution in [0.25, 0.3) is 0 Å². The maximum absolute atomic E-state index is 10.8. The number of rotatable bonds is 5. The molecule has 22 heavy (non-hydrogen) atoms. The molecule has 0 bridgehead atoms. The number of hydrogen-bond donors (Lipinski definition) is 2. The number of aliphatic hydroxyl groups is 1. The van der Waals surface area contributed by atoms with Crippen LogP contribution in [0.4, 0.5) is 0 Å². The number of benzene rings is 2. The van der Waals surface area contributed by atoms with Crippen molar-refractivity contribution in [3.8, 4) is 11.5 Å². The third-order valence-corrected chi connectivity index (χ3v) is 3.62. The molecule has 2 N–H and O–H groups in total. The molecule has 2 aromatic rings. The molecule has 0 amide bonds. The maximum Gasteiger partial charge on any atom is 0.306 e. The van der Waals surface area contributed by atoms with Crippen LogP contribution in [0.5, 0.6) is 11.5 Å². The number of carboxylic acid groups (broad SMARTS) is 1.